The third-order valence-corrected chi connectivity index (χ3v) is 6.11. The maximum Gasteiger partial charge on any atom is 0.308 e. The number of carbonyl (C=O) groups excluding carboxylic acids is 1. The number of hydrogen-bond donors (Lipinski definition) is 1. The molecule has 0 saturated carbocycles. The van der Waals surface area contributed by atoms with Crippen molar-refractivity contribution >= 4 is 41.3 Å². The summed E-state index contributed by atoms with van der Waals surface area (Å²) in [7, 11) is 0. The molecule has 1 heterocycles. The first-order chi connectivity index (χ1) is 13.5. The first-order valence-electron chi connectivity index (χ1n) is 9.19. The molecule has 2 aromatic carbocycles. The average molecular weight is 416 g/mol. The van der Waals surface area contributed by atoms with Crippen LogP contribution in [0, 0.1) is 5.92 Å². The molecule has 1 amide bonds. The summed E-state index contributed by atoms with van der Waals surface area (Å²) in [5, 5.41) is 9.91. The van der Waals surface area contributed by atoms with Crippen LogP contribution in [0.2, 0.25) is 5.02 Å². The first kappa shape index (κ1) is 20.5. The standard InChI is InChI=1S/C22H22ClNO3S/c23-20-11-5-4-7-16(20)13-18(15-28-19-9-2-1-3-10-19)21(25)24-12-6-8-17(14-24)22(26)27/h1-5,7,9-11,13,17H,6,8,12,14-15H2,(H,26,27)/b18-13+. The van der Waals surface area contributed by atoms with Gasteiger partial charge in [-0.1, -0.05) is 48.0 Å². The minimum Gasteiger partial charge on any atom is -0.481 e. The van der Waals surface area contributed by atoms with E-state index in [4.69, 9.17) is 11.6 Å². The van der Waals surface area contributed by atoms with Crippen LogP contribution in [-0.4, -0.2) is 40.7 Å². The second kappa shape index (κ2) is 9.80. The molecular weight excluding hydrogens is 394 g/mol. The van der Waals surface area contributed by atoms with Crippen molar-refractivity contribution in [2.45, 2.75) is 17.7 Å². The van der Waals surface area contributed by atoms with Gasteiger partial charge in [0.25, 0.3) is 5.91 Å². The lowest BCUT2D eigenvalue weighted by Gasteiger charge is -2.31. The summed E-state index contributed by atoms with van der Waals surface area (Å²) in [6.45, 7) is 0.836. The fourth-order valence-electron chi connectivity index (χ4n) is 3.19. The van der Waals surface area contributed by atoms with Gasteiger partial charge in [0, 0.05) is 34.3 Å². The molecule has 0 spiro atoms. The zero-order valence-electron chi connectivity index (χ0n) is 15.4. The number of likely N-dealkylation sites (tertiary alicyclic amines) is 1. The lowest BCUT2D eigenvalue weighted by Crippen LogP contribution is -2.43. The van der Waals surface area contributed by atoms with Gasteiger partial charge in [-0.25, -0.2) is 0 Å². The van der Waals surface area contributed by atoms with Crippen LogP contribution in [0.25, 0.3) is 6.08 Å². The second-order valence-corrected chi connectivity index (χ2v) is 8.18. The van der Waals surface area contributed by atoms with E-state index >= 15 is 0 Å². The Bertz CT molecular complexity index is 869. The first-order valence-corrected chi connectivity index (χ1v) is 10.6. The predicted molar refractivity (Wildman–Crippen MR) is 114 cm³/mol. The number of piperidine rings is 1. The van der Waals surface area contributed by atoms with Gasteiger partial charge in [-0.3, -0.25) is 9.59 Å². The van der Waals surface area contributed by atoms with E-state index < -0.39 is 11.9 Å². The average Bonchev–Trinajstić information content (AvgIpc) is 2.72. The van der Waals surface area contributed by atoms with Gasteiger partial charge in [-0.05, 0) is 42.7 Å². The second-order valence-electron chi connectivity index (χ2n) is 6.72. The Kier molecular flexibility index (Phi) is 7.18. The van der Waals surface area contributed by atoms with Crippen LogP contribution < -0.4 is 0 Å². The van der Waals surface area contributed by atoms with Crippen molar-refractivity contribution in [1.29, 1.82) is 0 Å². The highest BCUT2D eigenvalue weighted by molar-refractivity contribution is 7.99. The Morgan fingerprint density at radius 2 is 1.86 bits per heavy atom. The molecule has 4 nitrogen and oxygen atoms in total. The molecule has 3 rings (SSSR count). The summed E-state index contributed by atoms with van der Waals surface area (Å²) < 4.78 is 0. The molecule has 28 heavy (non-hydrogen) atoms. The lowest BCUT2D eigenvalue weighted by atomic mass is 9.97. The smallest absolute Gasteiger partial charge is 0.308 e. The monoisotopic (exact) mass is 415 g/mol. The number of nitrogens with zero attached hydrogens (tertiary/aromatic N) is 1. The van der Waals surface area contributed by atoms with E-state index in [2.05, 4.69) is 0 Å². The topological polar surface area (TPSA) is 57.6 Å². The third-order valence-electron chi connectivity index (χ3n) is 4.71. The molecule has 1 aliphatic rings. The van der Waals surface area contributed by atoms with Crippen LogP contribution in [0.1, 0.15) is 18.4 Å². The van der Waals surface area contributed by atoms with Crippen LogP contribution in [0.4, 0.5) is 0 Å². The van der Waals surface area contributed by atoms with Gasteiger partial charge in [0.05, 0.1) is 5.92 Å². The highest BCUT2D eigenvalue weighted by Gasteiger charge is 2.29. The van der Waals surface area contributed by atoms with Gasteiger partial charge >= 0.3 is 5.97 Å². The largest absolute Gasteiger partial charge is 0.481 e. The molecule has 1 N–H and O–H groups in total. The molecule has 146 valence electrons. The molecule has 0 bridgehead atoms. The fourth-order valence-corrected chi connectivity index (χ4v) is 4.26. The molecule has 0 aliphatic carbocycles. The van der Waals surface area contributed by atoms with Crippen LogP contribution in [0.15, 0.2) is 65.1 Å². The van der Waals surface area contributed by atoms with E-state index in [1.54, 1.807) is 22.7 Å². The number of benzene rings is 2. The van der Waals surface area contributed by atoms with Crippen molar-refractivity contribution in [2.75, 3.05) is 18.8 Å². The summed E-state index contributed by atoms with van der Waals surface area (Å²) in [5.74, 6) is -0.967. The molecule has 1 aliphatic heterocycles. The molecular formula is C22H22ClNO3S. The number of carboxylic acids is 1. The fraction of sp³-hybridized carbons (Fsp3) is 0.273. The number of rotatable bonds is 6. The SMILES string of the molecule is O=C(O)C1CCCN(C(=O)/C(=C/c2ccccc2Cl)CSc2ccccc2)C1. The van der Waals surface area contributed by atoms with E-state index in [-0.39, 0.29) is 12.5 Å². The van der Waals surface area contributed by atoms with Crippen LogP contribution >= 0.6 is 23.4 Å². The van der Waals surface area contributed by atoms with Gasteiger partial charge in [-0.2, -0.15) is 0 Å². The summed E-state index contributed by atoms with van der Waals surface area (Å²) >= 11 is 7.86. The van der Waals surface area contributed by atoms with E-state index in [0.717, 1.165) is 10.5 Å². The Balaban J connectivity index is 1.83. The van der Waals surface area contributed by atoms with E-state index in [0.29, 0.717) is 35.7 Å². The highest BCUT2D eigenvalue weighted by atomic mass is 35.5. The van der Waals surface area contributed by atoms with Crippen molar-refractivity contribution in [2.24, 2.45) is 5.92 Å². The number of thioether (sulfide) groups is 1. The van der Waals surface area contributed by atoms with E-state index in [1.807, 2.05) is 54.6 Å². The van der Waals surface area contributed by atoms with Crippen LogP contribution in [0.3, 0.4) is 0 Å². The molecule has 1 atom stereocenters. The highest BCUT2D eigenvalue weighted by Crippen LogP contribution is 2.26. The Labute approximate surface area is 174 Å². The van der Waals surface area contributed by atoms with Crippen molar-refractivity contribution in [1.82, 2.24) is 4.90 Å². The van der Waals surface area contributed by atoms with Crippen molar-refractivity contribution in [3.8, 4) is 0 Å². The summed E-state index contributed by atoms with van der Waals surface area (Å²) in [4.78, 5) is 27.3. The number of aliphatic carboxylic acids is 1. The normalized spacial score (nSPS) is 17.4. The van der Waals surface area contributed by atoms with Gasteiger partial charge in [0.1, 0.15) is 0 Å². The molecule has 2 aromatic rings. The maximum absolute atomic E-state index is 13.2. The van der Waals surface area contributed by atoms with Gasteiger partial charge < -0.3 is 10.0 Å². The minimum absolute atomic E-state index is 0.116. The molecule has 1 saturated heterocycles. The maximum atomic E-state index is 13.2. The molecule has 1 unspecified atom stereocenters. The molecule has 0 aromatic heterocycles. The Morgan fingerprint density at radius 1 is 1.14 bits per heavy atom. The zero-order chi connectivity index (χ0) is 19.9. The zero-order valence-corrected chi connectivity index (χ0v) is 17.0. The number of amides is 1. The van der Waals surface area contributed by atoms with Gasteiger partial charge in [-0.15, -0.1) is 11.8 Å². The summed E-state index contributed by atoms with van der Waals surface area (Å²) in [5.41, 5.74) is 1.40. The quantitative estimate of drug-likeness (QED) is 0.541. The van der Waals surface area contributed by atoms with Gasteiger partial charge in [0.2, 0.25) is 0 Å². The Morgan fingerprint density at radius 3 is 2.57 bits per heavy atom. The molecule has 1 fully saturated rings. The number of carbonyl (C=O) groups is 2. The van der Waals surface area contributed by atoms with Crippen molar-refractivity contribution in [3.63, 3.8) is 0 Å². The number of halogens is 1. The minimum atomic E-state index is -0.840. The summed E-state index contributed by atoms with van der Waals surface area (Å²) in [6.07, 6.45) is 3.14. The van der Waals surface area contributed by atoms with Crippen molar-refractivity contribution < 1.29 is 14.7 Å². The molecule has 0 radical (unpaired) electrons. The summed E-state index contributed by atoms with van der Waals surface area (Å²) in [6, 6.07) is 17.3. The third kappa shape index (κ3) is 5.40. The Hall–Kier alpha value is -2.24. The van der Waals surface area contributed by atoms with E-state index in [9.17, 15) is 14.7 Å². The van der Waals surface area contributed by atoms with Crippen molar-refractivity contribution in [3.05, 3.63) is 70.8 Å². The number of hydrogen-bond acceptors (Lipinski definition) is 3. The number of carboxylic acid groups (broad SMARTS) is 1. The lowest BCUT2D eigenvalue weighted by molar-refractivity contribution is -0.145. The molecule has 6 heteroatoms. The van der Waals surface area contributed by atoms with Crippen LogP contribution in [-0.2, 0) is 9.59 Å². The van der Waals surface area contributed by atoms with Crippen LogP contribution in [0.5, 0.6) is 0 Å². The predicted octanol–water partition coefficient (Wildman–Crippen LogP) is 4.84. The van der Waals surface area contributed by atoms with Gasteiger partial charge in [0.15, 0.2) is 0 Å². The van der Waals surface area contributed by atoms with E-state index in [1.165, 1.54) is 0 Å².